The average molecular weight is 347 g/mol. The lowest BCUT2D eigenvalue weighted by Crippen LogP contribution is -2.14. The largest absolute Gasteiger partial charge is 0.484 e. The molecule has 0 amide bonds. The van der Waals surface area contributed by atoms with Crippen molar-refractivity contribution in [1.29, 1.82) is 0 Å². The van der Waals surface area contributed by atoms with E-state index in [1.807, 2.05) is 6.92 Å². The molecule has 0 bridgehead atoms. The molecule has 0 saturated carbocycles. The lowest BCUT2D eigenvalue weighted by atomic mass is 10.2. The minimum atomic E-state index is 0.492. The lowest BCUT2D eigenvalue weighted by Gasteiger charge is -2.16. The highest BCUT2D eigenvalue weighted by molar-refractivity contribution is 9.11. The summed E-state index contributed by atoms with van der Waals surface area (Å²) in [6.45, 7) is 3.64. The van der Waals surface area contributed by atoms with Crippen molar-refractivity contribution in [1.82, 2.24) is 4.98 Å². The molecule has 2 N–H and O–H groups in total. The van der Waals surface area contributed by atoms with E-state index in [4.69, 9.17) is 15.2 Å². The summed E-state index contributed by atoms with van der Waals surface area (Å²) in [4.78, 5) is 6.65. The summed E-state index contributed by atoms with van der Waals surface area (Å²) in [7, 11) is 0. The molecule has 0 atom stereocenters. The molecule has 0 fully saturated rings. The number of hydrogen-bond donors (Lipinski definition) is 1. The SMILES string of the molecule is Cc1nc(-c2sc(Br)c3c2OCCO3)c(CN)s1. The number of thiazole rings is 1. The van der Waals surface area contributed by atoms with E-state index in [1.54, 1.807) is 22.7 Å². The highest BCUT2D eigenvalue weighted by Crippen LogP contribution is 2.52. The van der Waals surface area contributed by atoms with Crippen LogP contribution in [0.1, 0.15) is 9.88 Å². The van der Waals surface area contributed by atoms with E-state index in [0.29, 0.717) is 19.8 Å². The van der Waals surface area contributed by atoms with Crippen LogP contribution in [-0.2, 0) is 6.54 Å². The summed E-state index contributed by atoms with van der Waals surface area (Å²) in [6, 6.07) is 0. The van der Waals surface area contributed by atoms with Crippen molar-refractivity contribution in [3.8, 4) is 22.1 Å². The Labute approximate surface area is 121 Å². The molecular formula is C11H11BrN2O2S2. The molecule has 96 valence electrons. The number of thiophene rings is 1. The zero-order valence-electron chi connectivity index (χ0n) is 9.66. The molecule has 1 aliphatic rings. The van der Waals surface area contributed by atoms with Crippen LogP contribution in [0.5, 0.6) is 11.5 Å². The van der Waals surface area contributed by atoms with Gasteiger partial charge in [0.05, 0.1) is 10.7 Å². The standard InChI is InChI=1S/C11H11BrN2O2S2/c1-5-14-7(6(4-13)17-5)10-8-9(11(12)18-10)16-3-2-15-8/h2-4,13H2,1H3. The lowest BCUT2D eigenvalue weighted by molar-refractivity contribution is 0.173. The van der Waals surface area contributed by atoms with Gasteiger partial charge in [0.15, 0.2) is 11.5 Å². The Balaban J connectivity index is 2.16. The van der Waals surface area contributed by atoms with Crippen LogP contribution >= 0.6 is 38.6 Å². The molecule has 0 aliphatic carbocycles. The van der Waals surface area contributed by atoms with Gasteiger partial charge in [0, 0.05) is 11.4 Å². The van der Waals surface area contributed by atoms with Crippen LogP contribution < -0.4 is 15.2 Å². The number of nitrogens with zero attached hydrogens (tertiary/aromatic N) is 1. The van der Waals surface area contributed by atoms with Gasteiger partial charge in [0.2, 0.25) is 0 Å². The number of aromatic nitrogens is 1. The molecule has 1 aliphatic heterocycles. The van der Waals surface area contributed by atoms with Crippen LogP contribution in [0.2, 0.25) is 0 Å². The van der Waals surface area contributed by atoms with E-state index in [-0.39, 0.29) is 0 Å². The summed E-state index contributed by atoms with van der Waals surface area (Å²) >= 11 is 6.72. The van der Waals surface area contributed by atoms with Crippen molar-refractivity contribution < 1.29 is 9.47 Å². The van der Waals surface area contributed by atoms with E-state index in [0.717, 1.165) is 35.7 Å². The Bertz CT molecular complexity index is 594. The first-order valence-corrected chi connectivity index (χ1v) is 7.88. The minimum absolute atomic E-state index is 0.492. The number of hydrogen-bond acceptors (Lipinski definition) is 6. The van der Waals surface area contributed by atoms with Crippen molar-refractivity contribution in [2.24, 2.45) is 5.73 Å². The first kappa shape index (κ1) is 12.4. The highest BCUT2D eigenvalue weighted by Gasteiger charge is 2.26. The first-order valence-electron chi connectivity index (χ1n) is 5.45. The molecule has 2 aromatic heterocycles. The van der Waals surface area contributed by atoms with Crippen LogP contribution in [-0.4, -0.2) is 18.2 Å². The van der Waals surface area contributed by atoms with Crippen LogP contribution in [0.15, 0.2) is 3.79 Å². The second kappa shape index (κ2) is 4.80. The molecular weight excluding hydrogens is 336 g/mol. The topological polar surface area (TPSA) is 57.4 Å². The fraction of sp³-hybridized carbons (Fsp3) is 0.364. The number of ether oxygens (including phenoxy) is 2. The van der Waals surface area contributed by atoms with Crippen molar-refractivity contribution in [3.05, 3.63) is 13.7 Å². The monoisotopic (exact) mass is 346 g/mol. The summed E-state index contributed by atoms with van der Waals surface area (Å²) in [6.07, 6.45) is 0. The Hall–Kier alpha value is -0.630. The fourth-order valence-electron chi connectivity index (χ4n) is 1.86. The number of rotatable bonds is 2. The maximum Gasteiger partial charge on any atom is 0.187 e. The summed E-state index contributed by atoms with van der Waals surface area (Å²) < 4.78 is 12.3. The maximum atomic E-state index is 5.78. The second-order valence-corrected chi connectivity index (χ2v) is 7.40. The molecule has 0 aromatic carbocycles. The average Bonchev–Trinajstić information content (AvgIpc) is 2.91. The van der Waals surface area contributed by atoms with Gasteiger partial charge in [-0.3, -0.25) is 0 Å². The predicted molar refractivity (Wildman–Crippen MR) is 76.7 cm³/mol. The third-order valence-electron chi connectivity index (χ3n) is 2.56. The number of fused-ring (bicyclic) bond motifs is 1. The number of nitrogens with two attached hydrogens (primary N) is 1. The normalized spacial score (nSPS) is 13.9. The predicted octanol–water partition coefficient (Wildman–Crippen LogP) is 3.17. The molecule has 7 heteroatoms. The van der Waals surface area contributed by atoms with Crippen molar-refractivity contribution >= 4 is 38.6 Å². The minimum Gasteiger partial charge on any atom is -0.484 e. The van der Waals surface area contributed by atoms with Crippen molar-refractivity contribution in [2.45, 2.75) is 13.5 Å². The van der Waals surface area contributed by atoms with Gasteiger partial charge in [0.25, 0.3) is 0 Å². The summed E-state index contributed by atoms with van der Waals surface area (Å²) in [5.41, 5.74) is 6.70. The molecule has 2 aromatic rings. The molecule has 0 spiro atoms. The third kappa shape index (κ3) is 1.95. The van der Waals surface area contributed by atoms with Crippen molar-refractivity contribution in [2.75, 3.05) is 13.2 Å². The molecule has 0 unspecified atom stereocenters. The van der Waals surface area contributed by atoms with Gasteiger partial charge in [-0.25, -0.2) is 4.98 Å². The molecule has 0 radical (unpaired) electrons. The quantitative estimate of drug-likeness (QED) is 0.907. The van der Waals surface area contributed by atoms with E-state index in [2.05, 4.69) is 20.9 Å². The Morgan fingerprint density at radius 2 is 2.00 bits per heavy atom. The summed E-state index contributed by atoms with van der Waals surface area (Å²) in [5, 5.41) is 1.01. The van der Waals surface area contributed by atoms with Gasteiger partial charge >= 0.3 is 0 Å². The smallest absolute Gasteiger partial charge is 0.187 e. The number of aryl methyl sites for hydroxylation is 1. The van der Waals surface area contributed by atoms with Gasteiger partial charge in [-0.2, -0.15) is 0 Å². The van der Waals surface area contributed by atoms with Crippen molar-refractivity contribution in [3.63, 3.8) is 0 Å². The second-order valence-electron chi connectivity index (χ2n) is 3.77. The molecule has 18 heavy (non-hydrogen) atoms. The van der Waals surface area contributed by atoms with E-state index < -0.39 is 0 Å². The maximum absolute atomic E-state index is 5.78. The van der Waals surface area contributed by atoms with Gasteiger partial charge in [0.1, 0.15) is 21.9 Å². The van der Waals surface area contributed by atoms with Crippen LogP contribution in [0.25, 0.3) is 10.6 Å². The molecule has 4 nitrogen and oxygen atoms in total. The molecule has 3 heterocycles. The van der Waals surface area contributed by atoms with Crippen LogP contribution in [0.3, 0.4) is 0 Å². The fourth-order valence-corrected chi connectivity index (χ4v) is 4.46. The zero-order valence-corrected chi connectivity index (χ0v) is 12.9. The van der Waals surface area contributed by atoms with E-state index >= 15 is 0 Å². The number of halogens is 1. The van der Waals surface area contributed by atoms with E-state index in [1.165, 1.54) is 0 Å². The molecule has 3 rings (SSSR count). The Morgan fingerprint density at radius 1 is 1.28 bits per heavy atom. The van der Waals surface area contributed by atoms with Crippen LogP contribution in [0, 0.1) is 6.92 Å². The van der Waals surface area contributed by atoms with Gasteiger partial charge in [-0.15, -0.1) is 22.7 Å². The van der Waals surface area contributed by atoms with Gasteiger partial charge in [-0.1, -0.05) is 0 Å². The Kier molecular flexibility index (Phi) is 3.31. The molecule has 0 saturated heterocycles. The summed E-state index contributed by atoms with van der Waals surface area (Å²) in [5.74, 6) is 1.58. The zero-order chi connectivity index (χ0) is 12.7. The Morgan fingerprint density at radius 3 is 2.72 bits per heavy atom. The first-order chi connectivity index (χ1) is 8.70. The van der Waals surface area contributed by atoms with Gasteiger partial charge < -0.3 is 15.2 Å². The van der Waals surface area contributed by atoms with Gasteiger partial charge in [-0.05, 0) is 22.9 Å². The van der Waals surface area contributed by atoms with Crippen LogP contribution in [0.4, 0.5) is 0 Å². The highest BCUT2D eigenvalue weighted by atomic mass is 79.9. The van der Waals surface area contributed by atoms with E-state index in [9.17, 15) is 0 Å². The third-order valence-corrected chi connectivity index (χ3v) is 5.35.